The monoisotopic (exact) mass is 334 g/mol. The number of hydrogen-bond donors (Lipinski definition) is 2. The molecule has 1 amide bonds. The number of rotatable bonds is 9. The molecule has 6 nitrogen and oxygen atoms in total. The van der Waals surface area contributed by atoms with Gasteiger partial charge < -0.3 is 10.4 Å². The van der Waals surface area contributed by atoms with Gasteiger partial charge in [-0.15, -0.1) is 10.2 Å². The van der Waals surface area contributed by atoms with Gasteiger partial charge in [0.25, 0.3) is 5.91 Å². The number of hydrogen-bond acceptors (Lipinski definition) is 6. The quantitative estimate of drug-likeness (QED) is 0.736. The van der Waals surface area contributed by atoms with Gasteiger partial charge >= 0.3 is 0 Å². The minimum absolute atomic E-state index is 0.115. The summed E-state index contributed by atoms with van der Waals surface area (Å²) in [7, 11) is 0. The van der Waals surface area contributed by atoms with Gasteiger partial charge in [0.15, 0.2) is 0 Å². The fraction of sp³-hybridized carbons (Fsp3) is 0.438. The van der Waals surface area contributed by atoms with E-state index < -0.39 is 0 Å². The Bertz CT molecular complexity index is 603. The average Bonchev–Trinajstić information content (AvgIpc) is 3.02. The first-order valence-corrected chi connectivity index (χ1v) is 8.56. The second-order valence-corrected chi connectivity index (χ2v) is 6.24. The molecule has 0 fully saturated rings. The lowest BCUT2D eigenvalue weighted by Crippen LogP contribution is -2.27. The van der Waals surface area contributed by atoms with Crippen molar-refractivity contribution in [3.8, 4) is 0 Å². The maximum Gasteiger partial charge on any atom is 0.286 e. The lowest BCUT2D eigenvalue weighted by Gasteiger charge is -2.19. The van der Waals surface area contributed by atoms with Crippen molar-refractivity contribution in [2.45, 2.75) is 26.3 Å². The van der Waals surface area contributed by atoms with Crippen molar-refractivity contribution in [1.82, 2.24) is 15.1 Å². The number of carbonyl (C=O) groups excluding carboxylic acids is 1. The molecule has 2 N–H and O–H groups in total. The van der Waals surface area contributed by atoms with Gasteiger partial charge in [0.1, 0.15) is 5.01 Å². The Kier molecular flexibility index (Phi) is 7.12. The number of para-hydroxylation sites is 1. The zero-order valence-electron chi connectivity index (χ0n) is 13.2. The van der Waals surface area contributed by atoms with E-state index in [-0.39, 0.29) is 12.5 Å². The smallest absolute Gasteiger partial charge is 0.286 e. The molecule has 124 valence electrons. The molecule has 2 rings (SSSR count). The van der Waals surface area contributed by atoms with E-state index in [1.54, 1.807) is 0 Å². The molecule has 0 atom stereocenters. The number of carbonyl (C=O) groups is 1. The van der Waals surface area contributed by atoms with Crippen LogP contribution in [-0.4, -0.2) is 45.8 Å². The predicted octanol–water partition coefficient (Wildman–Crippen LogP) is 2.38. The minimum Gasteiger partial charge on any atom is -0.395 e. The Labute approximate surface area is 140 Å². The summed E-state index contributed by atoms with van der Waals surface area (Å²) in [6.45, 7) is 4.36. The van der Waals surface area contributed by atoms with E-state index in [0.29, 0.717) is 18.1 Å². The van der Waals surface area contributed by atoms with Gasteiger partial charge in [0.2, 0.25) is 5.01 Å². The van der Waals surface area contributed by atoms with Crippen LogP contribution in [0.4, 0.5) is 5.69 Å². The topological polar surface area (TPSA) is 78.3 Å². The Hall–Kier alpha value is -1.83. The molecule has 0 aliphatic rings. The van der Waals surface area contributed by atoms with Crippen LogP contribution in [0.3, 0.4) is 0 Å². The maximum atomic E-state index is 12.2. The SMILES string of the molecule is CCCCN(CCO)Cc1nnc(C(=O)Nc2ccccc2)s1. The van der Waals surface area contributed by atoms with E-state index in [2.05, 4.69) is 27.3 Å². The fourth-order valence-corrected chi connectivity index (χ4v) is 2.88. The summed E-state index contributed by atoms with van der Waals surface area (Å²) >= 11 is 1.29. The van der Waals surface area contributed by atoms with Crippen molar-refractivity contribution in [2.24, 2.45) is 0 Å². The van der Waals surface area contributed by atoms with E-state index >= 15 is 0 Å². The predicted molar refractivity (Wildman–Crippen MR) is 91.6 cm³/mol. The van der Waals surface area contributed by atoms with Crippen LogP contribution in [0.25, 0.3) is 0 Å². The van der Waals surface area contributed by atoms with E-state index in [4.69, 9.17) is 5.11 Å². The van der Waals surface area contributed by atoms with E-state index in [9.17, 15) is 4.79 Å². The van der Waals surface area contributed by atoms with Crippen LogP contribution >= 0.6 is 11.3 Å². The van der Waals surface area contributed by atoms with E-state index in [1.165, 1.54) is 11.3 Å². The third kappa shape index (κ3) is 5.70. The molecule has 0 aliphatic carbocycles. The summed E-state index contributed by atoms with van der Waals surface area (Å²) in [6.07, 6.45) is 2.17. The summed E-state index contributed by atoms with van der Waals surface area (Å²) in [6, 6.07) is 9.27. The highest BCUT2D eigenvalue weighted by atomic mass is 32.1. The highest BCUT2D eigenvalue weighted by molar-refractivity contribution is 7.13. The molecule has 0 unspecified atom stereocenters. The number of unbranched alkanes of at least 4 members (excludes halogenated alkanes) is 1. The largest absolute Gasteiger partial charge is 0.395 e. The average molecular weight is 334 g/mol. The zero-order valence-corrected chi connectivity index (χ0v) is 14.1. The second kappa shape index (κ2) is 9.34. The van der Waals surface area contributed by atoms with Crippen LogP contribution in [0.15, 0.2) is 30.3 Å². The Balaban J connectivity index is 1.94. The molecule has 0 bridgehead atoms. The number of anilines is 1. The number of aromatic nitrogens is 2. The van der Waals surface area contributed by atoms with Gasteiger partial charge in [-0.25, -0.2) is 0 Å². The first-order valence-electron chi connectivity index (χ1n) is 7.75. The molecular weight excluding hydrogens is 312 g/mol. The molecule has 0 radical (unpaired) electrons. The second-order valence-electron chi connectivity index (χ2n) is 5.17. The van der Waals surface area contributed by atoms with Crippen LogP contribution in [0.5, 0.6) is 0 Å². The molecule has 0 spiro atoms. The minimum atomic E-state index is -0.248. The highest BCUT2D eigenvalue weighted by Gasteiger charge is 2.15. The van der Waals surface area contributed by atoms with Gasteiger partial charge in [-0.3, -0.25) is 9.69 Å². The molecule has 1 aromatic heterocycles. The Morgan fingerprint density at radius 1 is 1.26 bits per heavy atom. The number of nitrogens with one attached hydrogen (secondary N) is 1. The van der Waals surface area contributed by atoms with Crippen molar-refractivity contribution >= 4 is 22.9 Å². The van der Waals surface area contributed by atoms with Crippen LogP contribution in [-0.2, 0) is 6.54 Å². The molecule has 2 aromatic rings. The molecular formula is C16H22N4O2S. The third-order valence-corrected chi connectivity index (χ3v) is 4.20. The molecule has 0 aliphatic heterocycles. The lowest BCUT2D eigenvalue weighted by atomic mass is 10.3. The molecule has 1 heterocycles. The highest BCUT2D eigenvalue weighted by Crippen LogP contribution is 2.15. The fourth-order valence-electron chi connectivity index (χ4n) is 2.10. The van der Waals surface area contributed by atoms with Crippen molar-refractivity contribution in [3.05, 3.63) is 40.3 Å². The number of nitrogens with zero attached hydrogens (tertiary/aromatic N) is 3. The van der Waals surface area contributed by atoms with Gasteiger partial charge in [-0.1, -0.05) is 42.9 Å². The number of amides is 1. The summed E-state index contributed by atoms with van der Waals surface area (Å²) in [5, 5.41) is 21.1. The number of aliphatic hydroxyl groups excluding tert-OH is 1. The summed E-state index contributed by atoms with van der Waals surface area (Å²) < 4.78 is 0. The van der Waals surface area contributed by atoms with E-state index in [0.717, 1.165) is 30.1 Å². The van der Waals surface area contributed by atoms with Crippen LogP contribution in [0.2, 0.25) is 0 Å². The maximum absolute atomic E-state index is 12.2. The first-order chi connectivity index (χ1) is 11.2. The number of benzene rings is 1. The van der Waals surface area contributed by atoms with Crippen LogP contribution < -0.4 is 5.32 Å². The van der Waals surface area contributed by atoms with Gasteiger partial charge in [-0.2, -0.15) is 0 Å². The Morgan fingerprint density at radius 2 is 2.04 bits per heavy atom. The first kappa shape index (κ1) is 17.5. The number of aliphatic hydroxyl groups is 1. The molecule has 1 aromatic carbocycles. The van der Waals surface area contributed by atoms with Crippen LogP contribution in [0, 0.1) is 0 Å². The Morgan fingerprint density at radius 3 is 2.74 bits per heavy atom. The summed E-state index contributed by atoms with van der Waals surface area (Å²) in [5.74, 6) is -0.248. The van der Waals surface area contributed by atoms with E-state index in [1.807, 2.05) is 30.3 Å². The summed E-state index contributed by atoms with van der Waals surface area (Å²) in [5.41, 5.74) is 0.735. The molecule has 0 saturated heterocycles. The van der Waals surface area contributed by atoms with Crippen molar-refractivity contribution < 1.29 is 9.90 Å². The van der Waals surface area contributed by atoms with Gasteiger partial charge in [-0.05, 0) is 25.1 Å². The lowest BCUT2D eigenvalue weighted by molar-refractivity contribution is 0.102. The van der Waals surface area contributed by atoms with Crippen molar-refractivity contribution in [1.29, 1.82) is 0 Å². The zero-order chi connectivity index (χ0) is 16.5. The standard InChI is InChI=1S/C16H22N4O2S/c1-2-3-9-20(10-11-21)12-14-18-19-16(23-14)15(22)17-13-7-5-4-6-8-13/h4-8,21H,2-3,9-12H2,1H3,(H,17,22). The normalized spacial score (nSPS) is 10.9. The van der Waals surface area contributed by atoms with Gasteiger partial charge in [0, 0.05) is 12.2 Å². The van der Waals surface area contributed by atoms with Crippen molar-refractivity contribution in [3.63, 3.8) is 0 Å². The molecule has 0 saturated carbocycles. The third-order valence-electron chi connectivity index (χ3n) is 3.30. The summed E-state index contributed by atoms with van der Waals surface area (Å²) in [4.78, 5) is 14.3. The molecule has 7 heteroatoms. The molecule has 23 heavy (non-hydrogen) atoms. The van der Waals surface area contributed by atoms with Gasteiger partial charge in [0.05, 0.1) is 13.2 Å². The van der Waals surface area contributed by atoms with Crippen LogP contribution in [0.1, 0.15) is 34.6 Å². The van der Waals surface area contributed by atoms with Crippen molar-refractivity contribution in [2.75, 3.05) is 25.0 Å².